The van der Waals surface area contributed by atoms with Gasteiger partial charge in [-0.25, -0.2) is 9.55 Å². The Hall–Kier alpha value is -3.20. The van der Waals surface area contributed by atoms with E-state index >= 15 is 0 Å². The Labute approximate surface area is 170 Å². The SMILES string of the molecule is Cc1ccc2c(oc3nc4ccccc4cc32)c1-c1cc(C(C)(C)C)cc[n+]1C. The van der Waals surface area contributed by atoms with Gasteiger partial charge in [0.25, 0.3) is 0 Å². The zero-order chi connectivity index (χ0) is 20.3. The maximum absolute atomic E-state index is 6.38. The van der Waals surface area contributed by atoms with Crippen molar-refractivity contribution < 1.29 is 8.98 Å². The van der Waals surface area contributed by atoms with Crippen LogP contribution in [0.4, 0.5) is 0 Å². The summed E-state index contributed by atoms with van der Waals surface area (Å²) in [7, 11) is 2.09. The minimum absolute atomic E-state index is 0.0813. The van der Waals surface area contributed by atoms with Crippen molar-refractivity contribution in [2.24, 2.45) is 7.05 Å². The lowest BCUT2D eigenvalue weighted by atomic mass is 9.86. The van der Waals surface area contributed by atoms with E-state index in [4.69, 9.17) is 9.40 Å². The molecular formula is C26H25N2O+. The highest BCUT2D eigenvalue weighted by atomic mass is 16.3. The number of hydrogen-bond acceptors (Lipinski definition) is 2. The summed E-state index contributed by atoms with van der Waals surface area (Å²) in [6.07, 6.45) is 2.14. The number of nitrogens with zero attached hydrogens (tertiary/aromatic N) is 2. The van der Waals surface area contributed by atoms with E-state index < -0.39 is 0 Å². The number of fused-ring (bicyclic) bond motifs is 4. The molecule has 0 aliphatic rings. The highest BCUT2D eigenvalue weighted by Crippen LogP contribution is 2.38. The maximum Gasteiger partial charge on any atom is 0.227 e. The standard InChI is InChI=1S/C26H25N2O/c1-16-10-11-19-20-14-17-8-6-7-9-21(17)27-25(20)29-24(19)23(16)22-15-18(26(2,3)4)12-13-28(22)5/h6-15H,1-5H3/q+1. The Bertz CT molecular complexity index is 1400. The molecule has 0 bridgehead atoms. The lowest BCUT2D eigenvalue weighted by molar-refractivity contribution is -0.660. The van der Waals surface area contributed by atoms with Crippen molar-refractivity contribution in [3.63, 3.8) is 0 Å². The summed E-state index contributed by atoms with van der Waals surface area (Å²) < 4.78 is 8.56. The van der Waals surface area contributed by atoms with Crippen LogP contribution in [0.1, 0.15) is 31.9 Å². The topological polar surface area (TPSA) is 29.9 Å². The van der Waals surface area contributed by atoms with E-state index in [-0.39, 0.29) is 5.41 Å². The number of benzene rings is 2. The van der Waals surface area contributed by atoms with E-state index in [1.165, 1.54) is 11.1 Å². The number of aryl methyl sites for hydroxylation is 2. The van der Waals surface area contributed by atoms with Crippen LogP contribution in [0.2, 0.25) is 0 Å². The molecular weight excluding hydrogens is 356 g/mol. The number of hydrogen-bond donors (Lipinski definition) is 0. The van der Waals surface area contributed by atoms with E-state index in [1.807, 2.05) is 18.2 Å². The van der Waals surface area contributed by atoms with Crippen LogP contribution in [0.15, 0.2) is 65.2 Å². The molecule has 0 spiro atoms. The molecule has 0 amide bonds. The maximum atomic E-state index is 6.38. The van der Waals surface area contributed by atoms with Crippen LogP contribution in [0, 0.1) is 6.92 Å². The Morgan fingerprint density at radius 2 is 1.72 bits per heavy atom. The molecule has 0 saturated heterocycles. The highest BCUT2D eigenvalue weighted by molar-refractivity contribution is 6.11. The molecule has 0 unspecified atom stereocenters. The molecule has 0 aliphatic heterocycles. The minimum Gasteiger partial charge on any atom is -0.437 e. The Morgan fingerprint density at radius 1 is 0.931 bits per heavy atom. The second kappa shape index (κ2) is 6.15. The van der Waals surface area contributed by atoms with Gasteiger partial charge in [-0.2, -0.15) is 0 Å². The molecule has 5 aromatic rings. The van der Waals surface area contributed by atoms with Crippen molar-refractivity contribution in [3.8, 4) is 11.3 Å². The summed E-state index contributed by atoms with van der Waals surface area (Å²) in [6.45, 7) is 8.89. The van der Waals surface area contributed by atoms with Gasteiger partial charge in [-0.3, -0.25) is 0 Å². The molecule has 5 rings (SSSR count). The molecule has 3 aromatic heterocycles. The monoisotopic (exact) mass is 381 g/mol. The average Bonchev–Trinajstić information content (AvgIpc) is 3.03. The first-order valence-corrected chi connectivity index (χ1v) is 10.0. The summed E-state index contributed by atoms with van der Waals surface area (Å²) in [4.78, 5) is 4.79. The first-order valence-electron chi connectivity index (χ1n) is 10.0. The minimum atomic E-state index is 0.0813. The molecule has 3 heteroatoms. The molecule has 2 aromatic carbocycles. The van der Waals surface area contributed by atoms with E-state index in [2.05, 4.69) is 81.9 Å². The molecule has 3 heterocycles. The zero-order valence-electron chi connectivity index (χ0n) is 17.6. The van der Waals surface area contributed by atoms with Crippen molar-refractivity contribution in [1.29, 1.82) is 0 Å². The third kappa shape index (κ3) is 2.80. The summed E-state index contributed by atoms with van der Waals surface area (Å²) >= 11 is 0. The number of para-hydroxylation sites is 1. The molecule has 0 saturated carbocycles. The van der Waals surface area contributed by atoms with E-state index in [0.29, 0.717) is 5.71 Å². The largest absolute Gasteiger partial charge is 0.437 e. The second-order valence-corrected chi connectivity index (χ2v) is 8.93. The highest BCUT2D eigenvalue weighted by Gasteiger charge is 2.24. The van der Waals surface area contributed by atoms with Crippen molar-refractivity contribution in [3.05, 3.63) is 71.9 Å². The molecule has 0 radical (unpaired) electrons. The predicted octanol–water partition coefficient (Wildman–Crippen LogP) is 6.23. The Kier molecular flexibility index (Phi) is 3.79. The molecule has 144 valence electrons. The van der Waals surface area contributed by atoms with Gasteiger partial charge in [-0.05, 0) is 35.6 Å². The van der Waals surface area contributed by atoms with Gasteiger partial charge in [0.05, 0.1) is 11.1 Å². The van der Waals surface area contributed by atoms with Crippen LogP contribution in [-0.4, -0.2) is 4.98 Å². The van der Waals surface area contributed by atoms with Crippen molar-refractivity contribution in [1.82, 2.24) is 4.98 Å². The Balaban J connectivity index is 1.87. The fraction of sp³-hybridized carbons (Fsp3) is 0.231. The lowest BCUT2D eigenvalue weighted by Crippen LogP contribution is -2.32. The molecule has 0 atom stereocenters. The first-order chi connectivity index (χ1) is 13.8. The van der Waals surface area contributed by atoms with Crippen LogP contribution in [0.3, 0.4) is 0 Å². The van der Waals surface area contributed by atoms with Gasteiger partial charge in [0.2, 0.25) is 11.4 Å². The van der Waals surface area contributed by atoms with Gasteiger partial charge in [-0.1, -0.05) is 51.1 Å². The smallest absolute Gasteiger partial charge is 0.227 e. The van der Waals surface area contributed by atoms with E-state index in [9.17, 15) is 0 Å². The van der Waals surface area contributed by atoms with Crippen LogP contribution < -0.4 is 4.57 Å². The third-order valence-corrected chi connectivity index (χ3v) is 5.82. The van der Waals surface area contributed by atoms with Gasteiger partial charge >= 0.3 is 0 Å². The lowest BCUT2D eigenvalue weighted by Gasteiger charge is -2.19. The van der Waals surface area contributed by atoms with Crippen LogP contribution in [-0.2, 0) is 12.5 Å². The van der Waals surface area contributed by atoms with Crippen molar-refractivity contribution >= 4 is 33.0 Å². The quantitative estimate of drug-likeness (QED) is 0.322. The predicted molar refractivity (Wildman–Crippen MR) is 119 cm³/mol. The third-order valence-electron chi connectivity index (χ3n) is 5.82. The summed E-state index contributed by atoms with van der Waals surface area (Å²) in [5.74, 6) is 0. The zero-order valence-corrected chi connectivity index (χ0v) is 17.6. The summed E-state index contributed by atoms with van der Waals surface area (Å²) in [6, 6.07) is 19.2. The molecule has 0 N–H and O–H groups in total. The Morgan fingerprint density at radius 3 is 2.52 bits per heavy atom. The summed E-state index contributed by atoms with van der Waals surface area (Å²) in [5, 5.41) is 3.31. The van der Waals surface area contributed by atoms with Crippen LogP contribution in [0.25, 0.3) is 44.2 Å². The normalized spacial score (nSPS) is 12.3. The average molecular weight is 381 g/mol. The van der Waals surface area contributed by atoms with Crippen molar-refractivity contribution in [2.45, 2.75) is 33.1 Å². The van der Waals surface area contributed by atoms with Crippen LogP contribution in [0.5, 0.6) is 0 Å². The van der Waals surface area contributed by atoms with E-state index in [0.717, 1.165) is 38.5 Å². The first kappa shape index (κ1) is 17.9. The fourth-order valence-corrected chi connectivity index (χ4v) is 4.07. The van der Waals surface area contributed by atoms with Crippen molar-refractivity contribution in [2.75, 3.05) is 0 Å². The second-order valence-electron chi connectivity index (χ2n) is 8.93. The molecule has 0 aliphatic carbocycles. The number of rotatable bonds is 1. The number of furan rings is 1. The van der Waals surface area contributed by atoms with Gasteiger partial charge in [0.1, 0.15) is 7.05 Å². The van der Waals surface area contributed by atoms with Gasteiger partial charge < -0.3 is 4.42 Å². The molecule has 29 heavy (non-hydrogen) atoms. The molecule has 0 fully saturated rings. The van der Waals surface area contributed by atoms with Gasteiger partial charge in [0, 0.05) is 28.3 Å². The number of aromatic nitrogens is 2. The fourth-order valence-electron chi connectivity index (χ4n) is 4.07. The van der Waals surface area contributed by atoms with Gasteiger partial charge in [-0.15, -0.1) is 0 Å². The van der Waals surface area contributed by atoms with E-state index in [1.54, 1.807) is 0 Å². The number of pyridine rings is 2. The van der Waals surface area contributed by atoms with Crippen LogP contribution >= 0.6 is 0 Å². The van der Waals surface area contributed by atoms with Gasteiger partial charge in [0.15, 0.2) is 11.8 Å². The summed E-state index contributed by atoms with van der Waals surface area (Å²) in [5.41, 5.74) is 7.44. The molecule has 3 nitrogen and oxygen atoms in total.